The van der Waals surface area contributed by atoms with Crippen LogP contribution >= 0.6 is 11.6 Å². The van der Waals surface area contributed by atoms with Crippen LogP contribution in [0.1, 0.15) is 15.9 Å². The summed E-state index contributed by atoms with van der Waals surface area (Å²) >= 11 is 5.84. The van der Waals surface area contributed by atoms with E-state index in [1.54, 1.807) is 43.3 Å². The van der Waals surface area contributed by atoms with Gasteiger partial charge in [-0.05, 0) is 30.7 Å². The predicted molar refractivity (Wildman–Crippen MR) is 77.3 cm³/mol. The molecule has 104 valence electrons. The van der Waals surface area contributed by atoms with E-state index in [2.05, 4.69) is 0 Å². The van der Waals surface area contributed by atoms with Gasteiger partial charge in [-0.25, -0.2) is 13.1 Å². The summed E-state index contributed by atoms with van der Waals surface area (Å²) in [7, 11) is -3.99. The summed E-state index contributed by atoms with van der Waals surface area (Å²) < 4.78 is 26.3. The molecule has 2 aromatic carbocycles. The van der Waals surface area contributed by atoms with E-state index in [0.717, 1.165) is 0 Å². The van der Waals surface area contributed by atoms with Gasteiger partial charge in [-0.2, -0.15) is 0 Å². The van der Waals surface area contributed by atoms with Crippen molar-refractivity contribution in [1.29, 1.82) is 0 Å². The van der Waals surface area contributed by atoms with Crippen LogP contribution in [0, 0.1) is 6.92 Å². The Balaban J connectivity index is 2.33. The van der Waals surface area contributed by atoms with E-state index < -0.39 is 15.9 Å². The second-order valence-electron chi connectivity index (χ2n) is 4.18. The Morgan fingerprint density at radius 1 is 1.05 bits per heavy atom. The summed E-state index contributed by atoms with van der Waals surface area (Å²) in [6, 6.07) is 12.7. The third-order valence-corrected chi connectivity index (χ3v) is 4.57. The molecule has 0 spiro atoms. The summed E-state index contributed by atoms with van der Waals surface area (Å²) in [6.07, 6.45) is 0. The molecule has 0 bridgehead atoms. The second-order valence-corrected chi connectivity index (χ2v) is 6.24. The fraction of sp³-hybridized carbons (Fsp3) is 0.0714. The van der Waals surface area contributed by atoms with Gasteiger partial charge in [0, 0.05) is 5.56 Å². The lowest BCUT2D eigenvalue weighted by molar-refractivity contribution is 0.0981. The standard InChI is InChI=1S/C14H12ClNO3S/c1-10-6-2-3-7-11(10)14(17)16-20(18,19)13-9-5-4-8-12(13)15/h2-9H,1H3,(H,16,17). The molecule has 20 heavy (non-hydrogen) atoms. The monoisotopic (exact) mass is 309 g/mol. The number of carbonyl (C=O) groups is 1. The highest BCUT2D eigenvalue weighted by Crippen LogP contribution is 2.20. The number of nitrogens with one attached hydrogen (secondary N) is 1. The Morgan fingerprint density at radius 2 is 1.65 bits per heavy atom. The normalized spacial score (nSPS) is 11.1. The molecule has 0 aliphatic carbocycles. The number of rotatable bonds is 3. The average Bonchev–Trinajstić information content (AvgIpc) is 2.38. The molecule has 6 heteroatoms. The van der Waals surface area contributed by atoms with Crippen molar-refractivity contribution in [2.24, 2.45) is 0 Å². The second kappa shape index (κ2) is 5.64. The summed E-state index contributed by atoms with van der Waals surface area (Å²) in [5.41, 5.74) is 1.00. The maximum atomic E-state index is 12.1. The van der Waals surface area contributed by atoms with Crippen LogP contribution in [0.2, 0.25) is 5.02 Å². The van der Waals surface area contributed by atoms with E-state index in [4.69, 9.17) is 11.6 Å². The van der Waals surface area contributed by atoms with E-state index in [1.165, 1.54) is 12.1 Å². The van der Waals surface area contributed by atoms with Gasteiger partial charge in [0.15, 0.2) is 0 Å². The van der Waals surface area contributed by atoms with Crippen LogP contribution in [-0.2, 0) is 10.0 Å². The lowest BCUT2D eigenvalue weighted by Crippen LogP contribution is -2.31. The molecular formula is C14H12ClNO3S. The zero-order chi connectivity index (χ0) is 14.8. The number of aryl methyl sites for hydroxylation is 1. The SMILES string of the molecule is Cc1ccccc1C(=O)NS(=O)(=O)c1ccccc1Cl. The third kappa shape index (κ3) is 3.00. The van der Waals surface area contributed by atoms with Crippen molar-refractivity contribution in [2.75, 3.05) is 0 Å². The van der Waals surface area contributed by atoms with Crippen LogP contribution in [0.5, 0.6) is 0 Å². The van der Waals surface area contributed by atoms with Crippen molar-refractivity contribution in [3.05, 3.63) is 64.7 Å². The minimum atomic E-state index is -3.99. The highest BCUT2D eigenvalue weighted by Gasteiger charge is 2.21. The first-order valence-corrected chi connectivity index (χ1v) is 7.65. The van der Waals surface area contributed by atoms with Crippen LogP contribution in [0.3, 0.4) is 0 Å². The van der Waals surface area contributed by atoms with Crippen molar-refractivity contribution >= 4 is 27.5 Å². The minimum Gasteiger partial charge on any atom is -0.268 e. The molecule has 4 nitrogen and oxygen atoms in total. The summed E-state index contributed by atoms with van der Waals surface area (Å²) in [5, 5.41) is 0.0672. The Kier molecular flexibility index (Phi) is 4.11. The first-order chi connectivity index (χ1) is 9.42. The molecule has 1 N–H and O–H groups in total. The molecule has 0 radical (unpaired) electrons. The molecule has 0 aliphatic rings. The van der Waals surface area contributed by atoms with E-state index in [9.17, 15) is 13.2 Å². The van der Waals surface area contributed by atoms with Gasteiger partial charge in [0.05, 0.1) is 5.02 Å². The Hall–Kier alpha value is -1.85. The zero-order valence-corrected chi connectivity index (χ0v) is 12.2. The molecule has 0 heterocycles. The Labute approximate surface area is 122 Å². The van der Waals surface area contributed by atoms with Crippen LogP contribution in [-0.4, -0.2) is 14.3 Å². The van der Waals surface area contributed by atoms with Gasteiger partial charge in [0.1, 0.15) is 4.90 Å². The van der Waals surface area contributed by atoms with Crippen molar-refractivity contribution in [2.45, 2.75) is 11.8 Å². The molecule has 0 fully saturated rings. The Bertz CT molecular complexity index is 757. The van der Waals surface area contributed by atoms with Gasteiger partial charge in [0.25, 0.3) is 15.9 Å². The fourth-order valence-electron chi connectivity index (χ4n) is 1.72. The van der Waals surface area contributed by atoms with Gasteiger partial charge in [-0.1, -0.05) is 41.9 Å². The van der Waals surface area contributed by atoms with Crippen LogP contribution < -0.4 is 4.72 Å². The number of hydrogen-bond acceptors (Lipinski definition) is 3. The number of hydrogen-bond donors (Lipinski definition) is 1. The van der Waals surface area contributed by atoms with Crippen LogP contribution in [0.25, 0.3) is 0 Å². The average molecular weight is 310 g/mol. The molecule has 0 atom stereocenters. The van der Waals surface area contributed by atoms with Crippen molar-refractivity contribution in [3.63, 3.8) is 0 Å². The van der Waals surface area contributed by atoms with Gasteiger partial charge >= 0.3 is 0 Å². The number of sulfonamides is 1. The van der Waals surface area contributed by atoms with Crippen LogP contribution in [0.15, 0.2) is 53.4 Å². The van der Waals surface area contributed by atoms with Gasteiger partial charge in [-0.3, -0.25) is 4.79 Å². The molecule has 0 aliphatic heterocycles. The number of benzene rings is 2. The van der Waals surface area contributed by atoms with E-state index >= 15 is 0 Å². The number of amides is 1. The summed E-state index contributed by atoms with van der Waals surface area (Å²) in [4.78, 5) is 11.9. The van der Waals surface area contributed by atoms with Crippen LogP contribution in [0.4, 0.5) is 0 Å². The van der Waals surface area contributed by atoms with Gasteiger partial charge < -0.3 is 0 Å². The summed E-state index contributed by atoms with van der Waals surface area (Å²) in [6.45, 7) is 1.73. The van der Waals surface area contributed by atoms with Crippen molar-refractivity contribution in [1.82, 2.24) is 4.72 Å². The highest BCUT2D eigenvalue weighted by atomic mass is 35.5. The van der Waals surface area contributed by atoms with E-state index in [0.29, 0.717) is 11.1 Å². The van der Waals surface area contributed by atoms with Crippen molar-refractivity contribution < 1.29 is 13.2 Å². The smallest absolute Gasteiger partial charge is 0.265 e. The van der Waals surface area contributed by atoms with Gasteiger partial charge in [-0.15, -0.1) is 0 Å². The molecule has 2 aromatic rings. The minimum absolute atomic E-state index is 0.0672. The lowest BCUT2D eigenvalue weighted by Gasteiger charge is -2.09. The lowest BCUT2D eigenvalue weighted by atomic mass is 10.1. The largest absolute Gasteiger partial charge is 0.268 e. The fourth-order valence-corrected chi connectivity index (χ4v) is 3.21. The van der Waals surface area contributed by atoms with E-state index in [1.807, 2.05) is 4.72 Å². The van der Waals surface area contributed by atoms with Crippen molar-refractivity contribution in [3.8, 4) is 0 Å². The van der Waals surface area contributed by atoms with Gasteiger partial charge in [0.2, 0.25) is 0 Å². The quantitative estimate of drug-likeness (QED) is 0.948. The molecule has 0 unspecified atom stereocenters. The first-order valence-electron chi connectivity index (χ1n) is 5.79. The molecular weight excluding hydrogens is 298 g/mol. The number of carbonyl (C=O) groups excluding carboxylic acids is 1. The molecule has 1 amide bonds. The predicted octanol–water partition coefficient (Wildman–Crippen LogP) is 2.77. The third-order valence-electron chi connectivity index (χ3n) is 2.74. The Morgan fingerprint density at radius 3 is 2.30 bits per heavy atom. The molecule has 0 saturated heterocycles. The number of halogens is 1. The maximum absolute atomic E-state index is 12.1. The zero-order valence-electron chi connectivity index (χ0n) is 10.6. The van der Waals surface area contributed by atoms with E-state index in [-0.39, 0.29) is 9.92 Å². The molecule has 0 aromatic heterocycles. The topological polar surface area (TPSA) is 63.2 Å². The first kappa shape index (κ1) is 14.6. The maximum Gasteiger partial charge on any atom is 0.265 e. The molecule has 2 rings (SSSR count). The molecule has 0 saturated carbocycles. The summed E-state index contributed by atoms with van der Waals surface area (Å²) in [5.74, 6) is -0.678. The highest BCUT2D eigenvalue weighted by molar-refractivity contribution is 7.90.